The minimum absolute atomic E-state index is 0.265. The molecule has 2 aromatic heterocycles. The highest BCUT2D eigenvalue weighted by Crippen LogP contribution is 2.38. The van der Waals surface area contributed by atoms with E-state index in [1.807, 2.05) is 41.7 Å². The molecule has 0 fully saturated rings. The summed E-state index contributed by atoms with van der Waals surface area (Å²) in [6.45, 7) is 1.49. The number of pyridine rings is 1. The number of allylic oxidation sites excluding steroid dienone is 1. The van der Waals surface area contributed by atoms with Gasteiger partial charge in [0.1, 0.15) is 5.76 Å². The molecule has 1 aliphatic rings. The molecule has 1 aromatic carbocycles. The van der Waals surface area contributed by atoms with Gasteiger partial charge in [0, 0.05) is 5.39 Å². The van der Waals surface area contributed by atoms with E-state index in [0.717, 1.165) is 23.3 Å². The predicted octanol–water partition coefficient (Wildman–Crippen LogP) is 3.30. The molecule has 4 rings (SSSR count). The topological polar surface area (TPSA) is 125 Å². The van der Waals surface area contributed by atoms with Gasteiger partial charge in [-0.05, 0) is 54.2 Å². The van der Waals surface area contributed by atoms with Crippen LogP contribution in [0.15, 0.2) is 47.1 Å². The molecule has 3 aromatic rings. The molecule has 0 unspecified atom stereocenters. The summed E-state index contributed by atoms with van der Waals surface area (Å²) in [5.41, 5.74) is 8.42. The summed E-state index contributed by atoms with van der Waals surface area (Å²) in [7, 11) is 0. The fourth-order valence-electron chi connectivity index (χ4n) is 3.89. The van der Waals surface area contributed by atoms with Crippen molar-refractivity contribution in [1.82, 2.24) is 10.3 Å². The standard InChI is InChI=1S/C23H21N3O5/c1-13-9-14(11-15-5-4-8-30-15)21-17(10-13)20(16-6-2-3-7-18(16)25-21)22(28)31-12-19(27)26-23(24)29/h2-8,11,13H,9-10,12H2,1H3,(H3,24,26,27,29)/b14-11-/t13-/m0/s1. The third-order valence-electron chi connectivity index (χ3n) is 5.08. The summed E-state index contributed by atoms with van der Waals surface area (Å²) in [6.07, 6.45) is 4.97. The normalized spacial score (nSPS) is 16.7. The first-order valence-electron chi connectivity index (χ1n) is 9.85. The lowest BCUT2D eigenvalue weighted by atomic mass is 9.81. The number of ether oxygens (including phenoxy) is 1. The molecular formula is C23H21N3O5. The third-order valence-corrected chi connectivity index (χ3v) is 5.08. The van der Waals surface area contributed by atoms with Gasteiger partial charge in [-0.25, -0.2) is 14.6 Å². The van der Waals surface area contributed by atoms with Crippen LogP contribution in [0.3, 0.4) is 0 Å². The molecule has 31 heavy (non-hydrogen) atoms. The average molecular weight is 419 g/mol. The lowest BCUT2D eigenvalue weighted by Crippen LogP contribution is -2.37. The van der Waals surface area contributed by atoms with E-state index in [4.69, 9.17) is 19.9 Å². The van der Waals surface area contributed by atoms with Gasteiger partial charge in [0.2, 0.25) is 0 Å². The molecule has 0 aliphatic heterocycles. The van der Waals surface area contributed by atoms with Gasteiger partial charge in [-0.3, -0.25) is 10.1 Å². The Hall–Kier alpha value is -3.94. The number of carbonyl (C=O) groups excluding carboxylic acids is 3. The van der Waals surface area contributed by atoms with Crippen LogP contribution in [0.25, 0.3) is 22.6 Å². The second kappa shape index (κ2) is 8.43. The van der Waals surface area contributed by atoms with Crippen molar-refractivity contribution in [3.8, 4) is 0 Å². The number of benzene rings is 1. The molecule has 0 saturated carbocycles. The highest BCUT2D eigenvalue weighted by Gasteiger charge is 2.29. The summed E-state index contributed by atoms with van der Waals surface area (Å²) in [6, 6.07) is 9.96. The van der Waals surface area contributed by atoms with Crippen LogP contribution >= 0.6 is 0 Å². The number of nitrogens with one attached hydrogen (secondary N) is 1. The predicted molar refractivity (Wildman–Crippen MR) is 114 cm³/mol. The van der Waals surface area contributed by atoms with Gasteiger partial charge in [-0.1, -0.05) is 25.1 Å². The van der Waals surface area contributed by atoms with E-state index in [1.165, 1.54) is 0 Å². The van der Waals surface area contributed by atoms with Crippen LogP contribution < -0.4 is 11.1 Å². The number of urea groups is 1. The molecule has 0 spiro atoms. The van der Waals surface area contributed by atoms with Crippen LogP contribution in [0, 0.1) is 5.92 Å². The van der Waals surface area contributed by atoms with Crippen molar-refractivity contribution in [3.63, 3.8) is 0 Å². The van der Waals surface area contributed by atoms with Crippen LogP contribution in [0.2, 0.25) is 0 Å². The van der Waals surface area contributed by atoms with Gasteiger partial charge in [0.25, 0.3) is 5.91 Å². The van der Waals surface area contributed by atoms with Gasteiger partial charge in [0.05, 0.1) is 23.0 Å². The van der Waals surface area contributed by atoms with E-state index in [2.05, 4.69) is 6.92 Å². The molecule has 3 amide bonds. The van der Waals surface area contributed by atoms with E-state index in [0.29, 0.717) is 28.6 Å². The molecule has 158 valence electrons. The highest BCUT2D eigenvalue weighted by atomic mass is 16.5. The first-order chi connectivity index (χ1) is 14.9. The number of furan rings is 1. The number of nitrogens with two attached hydrogens (primary N) is 1. The first kappa shape index (κ1) is 20.3. The van der Waals surface area contributed by atoms with Crippen LogP contribution in [-0.2, 0) is 16.0 Å². The SMILES string of the molecule is C[C@H]1C/C(=C/c2ccco2)c2nc3ccccc3c(C(=O)OCC(=O)NC(N)=O)c2C1. The number of hydrogen-bond acceptors (Lipinski definition) is 6. The Morgan fingerprint density at radius 3 is 2.77 bits per heavy atom. The summed E-state index contributed by atoms with van der Waals surface area (Å²) in [5.74, 6) is -0.473. The zero-order valence-corrected chi connectivity index (χ0v) is 16.9. The molecule has 8 heteroatoms. The second-order valence-electron chi connectivity index (χ2n) is 7.52. The zero-order chi connectivity index (χ0) is 22.0. The average Bonchev–Trinajstić information content (AvgIpc) is 3.23. The Labute approximate surface area is 178 Å². The molecule has 0 bridgehead atoms. The largest absolute Gasteiger partial charge is 0.465 e. The van der Waals surface area contributed by atoms with Crippen molar-refractivity contribution in [2.45, 2.75) is 19.8 Å². The van der Waals surface area contributed by atoms with Crippen molar-refractivity contribution < 1.29 is 23.5 Å². The maximum Gasteiger partial charge on any atom is 0.339 e. The number of para-hydroxylation sites is 1. The third kappa shape index (κ3) is 4.32. The number of amides is 3. The number of hydrogen-bond donors (Lipinski definition) is 2. The van der Waals surface area contributed by atoms with Crippen molar-refractivity contribution in [2.75, 3.05) is 6.61 Å². The van der Waals surface area contributed by atoms with Crippen molar-refractivity contribution in [1.29, 1.82) is 0 Å². The number of imide groups is 1. The van der Waals surface area contributed by atoms with Gasteiger partial charge < -0.3 is 14.9 Å². The maximum absolute atomic E-state index is 13.1. The summed E-state index contributed by atoms with van der Waals surface area (Å²) >= 11 is 0. The molecule has 1 aliphatic carbocycles. The molecular weight excluding hydrogens is 398 g/mol. The Morgan fingerprint density at radius 2 is 2.03 bits per heavy atom. The van der Waals surface area contributed by atoms with Crippen LogP contribution in [-0.4, -0.2) is 29.5 Å². The number of primary amides is 1. The first-order valence-corrected chi connectivity index (χ1v) is 9.85. The fraction of sp³-hybridized carbons (Fsp3) is 0.217. The van der Waals surface area contributed by atoms with E-state index < -0.39 is 24.5 Å². The number of aromatic nitrogens is 1. The van der Waals surface area contributed by atoms with Crippen LogP contribution in [0.4, 0.5) is 4.79 Å². The number of esters is 1. The van der Waals surface area contributed by atoms with Gasteiger partial charge in [0.15, 0.2) is 6.61 Å². The molecule has 8 nitrogen and oxygen atoms in total. The van der Waals surface area contributed by atoms with E-state index in [-0.39, 0.29) is 5.92 Å². The number of fused-ring (bicyclic) bond motifs is 2. The molecule has 2 heterocycles. The van der Waals surface area contributed by atoms with Crippen molar-refractivity contribution in [2.24, 2.45) is 11.7 Å². The smallest absolute Gasteiger partial charge is 0.339 e. The summed E-state index contributed by atoms with van der Waals surface area (Å²) < 4.78 is 10.7. The Bertz CT molecular complexity index is 1200. The molecule has 0 radical (unpaired) electrons. The van der Waals surface area contributed by atoms with E-state index in [9.17, 15) is 14.4 Å². The number of rotatable bonds is 4. The minimum atomic E-state index is -1.01. The lowest BCUT2D eigenvalue weighted by molar-refractivity contribution is -0.123. The van der Waals surface area contributed by atoms with Gasteiger partial charge >= 0.3 is 12.0 Å². The van der Waals surface area contributed by atoms with Crippen molar-refractivity contribution >= 4 is 40.5 Å². The van der Waals surface area contributed by atoms with Gasteiger partial charge in [-0.2, -0.15) is 0 Å². The fourth-order valence-corrected chi connectivity index (χ4v) is 3.89. The molecule has 3 N–H and O–H groups in total. The van der Waals surface area contributed by atoms with E-state index in [1.54, 1.807) is 12.3 Å². The Morgan fingerprint density at radius 1 is 1.23 bits per heavy atom. The lowest BCUT2D eigenvalue weighted by Gasteiger charge is -2.26. The Kier molecular flexibility index (Phi) is 5.53. The van der Waals surface area contributed by atoms with Crippen LogP contribution in [0.1, 0.15) is 40.7 Å². The molecule has 1 atom stereocenters. The highest BCUT2D eigenvalue weighted by molar-refractivity contribution is 6.07. The maximum atomic E-state index is 13.1. The number of carbonyl (C=O) groups is 3. The number of nitrogens with zero attached hydrogens (tertiary/aromatic N) is 1. The van der Waals surface area contributed by atoms with Crippen molar-refractivity contribution in [3.05, 3.63) is 65.2 Å². The summed E-state index contributed by atoms with van der Waals surface area (Å²) in [4.78, 5) is 40.4. The Balaban J connectivity index is 1.80. The van der Waals surface area contributed by atoms with E-state index >= 15 is 0 Å². The van der Waals surface area contributed by atoms with Gasteiger partial charge in [-0.15, -0.1) is 0 Å². The summed E-state index contributed by atoms with van der Waals surface area (Å²) in [5, 5.41) is 2.53. The molecule has 0 saturated heterocycles. The minimum Gasteiger partial charge on any atom is -0.465 e. The van der Waals surface area contributed by atoms with Crippen LogP contribution in [0.5, 0.6) is 0 Å². The monoisotopic (exact) mass is 419 g/mol. The zero-order valence-electron chi connectivity index (χ0n) is 16.9. The second-order valence-corrected chi connectivity index (χ2v) is 7.52. The quantitative estimate of drug-likeness (QED) is 0.625.